The van der Waals surface area contributed by atoms with Gasteiger partial charge in [0, 0.05) is 48.3 Å². The molecule has 4 rings (SSSR count). The van der Waals surface area contributed by atoms with Gasteiger partial charge >= 0.3 is 0 Å². The number of rotatable bonds is 7. The van der Waals surface area contributed by atoms with E-state index in [4.69, 9.17) is 0 Å². The lowest BCUT2D eigenvalue weighted by Crippen LogP contribution is -2.35. The van der Waals surface area contributed by atoms with Crippen LogP contribution in [0, 0.1) is 0 Å². The summed E-state index contributed by atoms with van der Waals surface area (Å²) < 4.78 is 0. The molecule has 3 aromatic rings. The van der Waals surface area contributed by atoms with E-state index >= 15 is 0 Å². The maximum Gasteiger partial charge on any atom is 0.258 e. The molecule has 35 heavy (non-hydrogen) atoms. The van der Waals surface area contributed by atoms with Crippen LogP contribution in [-0.4, -0.2) is 49.3 Å². The predicted molar refractivity (Wildman–Crippen MR) is 139 cm³/mol. The summed E-state index contributed by atoms with van der Waals surface area (Å²) in [6, 6.07) is 23.5. The number of para-hydroxylation sites is 1. The molecule has 7 nitrogen and oxygen atoms in total. The number of carbonyl (C=O) groups excluding carboxylic acids is 3. The van der Waals surface area contributed by atoms with Crippen LogP contribution in [0.2, 0.25) is 0 Å². The van der Waals surface area contributed by atoms with Crippen LogP contribution in [0.5, 0.6) is 0 Å². The van der Waals surface area contributed by atoms with Crippen LogP contribution < -0.4 is 15.5 Å². The van der Waals surface area contributed by atoms with Crippen LogP contribution in [0.25, 0.3) is 0 Å². The van der Waals surface area contributed by atoms with Crippen molar-refractivity contribution in [2.45, 2.75) is 19.3 Å². The minimum absolute atomic E-state index is 0.0610. The van der Waals surface area contributed by atoms with Gasteiger partial charge in [0.05, 0.1) is 6.54 Å². The van der Waals surface area contributed by atoms with Gasteiger partial charge in [0.15, 0.2) is 0 Å². The normalized spacial score (nSPS) is 13.1. The summed E-state index contributed by atoms with van der Waals surface area (Å²) in [5.41, 5.74) is 3.38. The zero-order valence-corrected chi connectivity index (χ0v) is 19.9. The van der Waals surface area contributed by atoms with Gasteiger partial charge in [-0.05, 0) is 79.9 Å². The molecule has 1 saturated heterocycles. The quantitative estimate of drug-likeness (QED) is 0.527. The molecule has 3 aromatic carbocycles. The van der Waals surface area contributed by atoms with Gasteiger partial charge in [0.1, 0.15) is 0 Å². The SMILES string of the molecule is CN(C(=O)c1ccc(NC(=O)CNc2ccc(C(=O)N3CCCCC3)cc2)cc1)c1ccccc1. The van der Waals surface area contributed by atoms with Gasteiger partial charge in [-0.2, -0.15) is 0 Å². The minimum atomic E-state index is -0.209. The fraction of sp³-hybridized carbons (Fsp3) is 0.250. The molecule has 0 unspecified atom stereocenters. The average molecular weight is 471 g/mol. The number of hydrogen-bond donors (Lipinski definition) is 2. The van der Waals surface area contributed by atoms with Crippen LogP contribution in [0.3, 0.4) is 0 Å². The predicted octanol–water partition coefficient (Wildman–Crippen LogP) is 4.64. The summed E-state index contributed by atoms with van der Waals surface area (Å²) in [5, 5.41) is 5.90. The first kappa shape index (κ1) is 24.0. The number of amides is 3. The molecule has 1 heterocycles. The first-order valence-electron chi connectivity index (χ1n) is 11.9. The van der Waals surface area contributed by atoms with Crippen molar-refractivity contribution in [2.24, 2.45) is 0 Å². The van der Waals surface area contributed by atoms with E-state index in [2.05, 4.69) is 10.6 Å². The highest BCUT2D eigenvalue weighted by molar-refractivity contribution is 6.06. The Kier molecular flexibility index (Phi) is 7.77. The molecule has 7 heteroatoms. The maximum atomic E-state index is 12.7. The van der Waals surface area contributed by atoms with Crippen molar-refractivity contribution in [2.75, 3.05) is 42.2 Å². The maximum absolute atomic E-state index is 12.7. The molecular weight excluding hydrogens is 440 g/mol. The van der Waals surface area contributed by atoms with E-state index in [1.807, 2.05) is 47.4 Å². The summed E-state index contributed by atoms with van der Waals surface area (Å²) in [5.74, 6) is -0.275. The number of nitrogens with zero attached hydrogens (tertiary/aromatic N) is 2. The molecule has 180 valence electrons. The first-order chi connectivity index (χ1) is 17.0. The molecule has 0 radical (unpaired) electrons. The third-order valence-electron chi connectivity index (χ3n) is 6.09. The number of carbonyl (C=O) groups is 3. The van der Waals surface area contributed by atoms with Gasteiger partial charge in [-0.1, -0.05) is 18.2 Å². The van der Waals surface area contributed by atoms with Crippen LogP contribution >= 0.6 is 0 Å². The second-order valence-corrected chi connectivity index (χ2v) is 8.61. The molecule has 0 aliphatic carbocycles. The van der Waals surface area contributed by atoms with Crippen molar-refractivity contribution >= 4 is 34.8 Å². The second-order valence-electron chi connectivity index (χ2n) is 8.61. The molecule has 0 atom stereocenters. The third-order valence-corrected chi connectivity index (χ3v) is 6.09. The topological polar surface area (TPSA) is 81.8 Å². The smallest absolute Gasteiger partial charge is 0.258 e. The van der Waals surface area contributed by atoms with E-state index < -0.39 is 0 Å². The summed E-state index contributed by atoms with van der Waals surface area (Å²) in [6.07, 6.45) is 3.30. The number of hydrogen-bond acceptors (Lipinski definition) is 4. The average Bonchev–Trinajstić information content (AvgIpc) is 2.92. The standard InChI is InChI=1S/C28H30N4O3/c1-31(25-8-4-2-5-9-25)27(34)21-12-16-24(17-13-21)30-26(33)20-29-23-14-10-22(11-15-23)28(35)32-18-6-3-7-19-32/h2,4-5,8-17,29H,3,6-7,18-20H2,1H3,(H,30,33). The van der Waals surface area contributed by atoms with E-state index in [1.165, 1.54) is 6.42 Å². The van der Waals surface area contributed by atoms with Gasteiger partial charge in [-0.15, -0.1) is 0 Å². The van der Waals surface area contributed by atoms with Crippen molar-refractivity contribution < 1.29 is 14.4 Å². The largest absolute Gasteiger partial charge is 0.376 e. The van der Waals surface area contributed by atoms with Crippen LogP contribution in [0.15, 0.2) is 78.9 Å². The van der Waals surface area contributed by atoms with E-state index in [-0.39, 0.29) is 24.3 Å². The molecule has 0 saturated carbocycles. The summed E-state index contributed by atoms with van der Waals surface area (Å²) in [6.45, 7) is 1.71. The molecule has 1 aliphatic heterocycles. The van der Waals surface area contributed by atoms with Gasteiger partial charge in [0.2, 0.25) is 5.91 Å². The molecule has 1 aliphatic rings. The van der Waals surface area contributed by atoms with E-state index in [9.17, 15) is 14.4 Å². The Balaban J connectivity index is 1.26. The van der Waals surface area contributed by atoms with Crippen molar-refractivity contribution in [1.82, 2.24) is 4.90 Å². The highest BCUT2D eigenvalue weighted by Gasteiger charge is 2.18. The van der Waals surface area contributed by atoms with E-state index in [0.29, 0.717) is 16.8 Å². The fourth-order valence-electron chi connectivity index (χ4n) is 4.06. The zero-order valence-electron chi connectivity index (χ0n) is 19.9. The van der Waals surface area contributed by atoms with Gasteiger partial charge in [0.25, 0.3) is 11.8 Å². The van der Waals surface area contributed by atoms with E-state index in [0.717, 1.165) is 37.3 Å². The molecule has 3 amide bonds. The Morgan fingerprint density at radius 3 is 2.03 bits per heavy atom. The number of benzene rings is 3. The minimum Gasteiger partial charge on any atom is -0.376 e. The highest BCUT2D eigenvalue weighted by Crippen LogP contribution is 2.18. The Morgan fingerprint density at radius 1 is 0.771 bits per heavy atom. The Morgan fingerprint density at radius 2 is 1.37 bits per heavy atom. The number of piperidine rings is 1. The number of nitrogens with one attached hydrogen (secondary N) is 2. The first-order valence-corrected chi connectivity index (χ1v) is 11.9. The Hall–Kier alpha value is -4.13. The zero-order chi connectivity index (χ0) is 24.6. The highest BCUT2D eigenvalue weighted by atomic mass is 16.2. The summed E-state index contributed by atoms with van der Waals surface area (Å²) >= 11 is 0. The number of likely N-dealkylation sites (tertiary alicyclic amines) is 1. The van der Waals surface area contributed by atoms with Crippen molar-refractivity contribution in [3.05, 3.63) is 90.0 Å². The molecule has 0 aromatic heterocycles. The lowest BCUT2D eigenvalue weighted by molar-refractivity contribution is -0.114. The van der Waals surface area contributed by atoms with Crippen LogP contribution in [-0.2, 0) is 4.79 Å². The molecule has 1 fully saturated rings. The van der Waals surface area contributed by atoms with Crippen molar-refractivity contribution in [3.8, 4) is 0 Å². The lowest BCUT2D eigenvalue weighted by Gasteiger charge is -2.26. The fourth-order valence-corrected chi connectivity index (χ4v) is 4.06. The van der Waals surface area contributed by atoms with Crippen molar-refractivity contribution in [3.63, 3.8) is 0 Å². The van der Waals surface area contributed by atoms with Gasteiger partial charge < -0.3 is 20.4 Å². The summed E-state index contributed by atoms with van der Waals surface area (Å²) in [7, 11) is 1.73. The van der Waals surface area contributed by atoms with Gasteiger partial charge in [-0.3, -0.25) is 14.4 Å². The van der Waals surface area contributed by atoms with Gasteiger partial charge in [-0.25, -0.2) is 0 Å². The molecule has 0 bridgehead atoms. The van der Waals surface area contributed by atoms with Crippen LogP contribution in [0.4, 0.5) is 17.1 Å². The van der Waals surface area contributed by atoms with E-state index in [1.54, 1.807) is 48.3 Å². The monoisotopic (exact) mass is 470 g/mol. The second kappa shape index (κ2) is 11.3. The third kappa shape index (κ3) is 6.26. The molecule has 0 spiro atoms. The molecule has 2 N–H and O–H groups in total. The lowest BCUT2D eigenvalue weighted by atomic mass is 10.1. The van der Waals surface area contributed by atoms with Crippen molar-refractivity contribution in [1.29, 1.82) is 0 Å². The van der Waals surface area contributed by atoms with Crippen LogP contribution in [0.1, 0.15) is 40.0 Å². The molecular formula is C28H30N4O3. The summed E-state index contributed by atoms with van der Waals surface area (Å²) in [4.78, 5) is 41.1. The number of anilines is 3. The Labute approximate surface area is 205 Å². The Bertz CT molecular complexity index is 1160.